The second-order valence-electron chi connectivity index (χ2n) is 5.80. The first-order chi connectivity index (χ1) is 9.25. The third-order valence-corrected chi connectivity index (χ3v) is 4.63. The molecule has 2 heterocycles. The van der Waals surface area contributed by atoms with Gasteiger partial charge in [0.1, 0.15) is 17.9 Å². The Hall–Kier alpha value is -1.23. The summed E-state index contributed by atoms with van der Waals surface area (Å²) in [5.41, 5.74) is 0. The van der Waals surface area contributed by atoms with E-state index in [-0.39, 0.29) is 5.92 Å². The summed E-state index contributed by atoms with van der Waals surface area (Å²) in [5.74, 6) is 1.75. The van der Waals surface area contributed by atoms with Gasteiger partial charge in [-0.3, -0.25) is 14.4 Å². The monoisotopic (exact) mass is 262 g/mol. The van der Waals surface area contributed by atoms with Crippen molar-refractivity contribution in [3.8, 4) is 0 Å². The fraction of sp³-hybridized carbons (Fsp3) is 0.786. The first-order valence-electron chi connectivity index (χ1n) is 7.35. The first-order valence-corrected chi connectivity index (χ1v) is 7.35. The Balaban J connectivity index is 1.70. The lowest BCUT2D eigenvalue weighted by Gasteiger charge is -2.32. The van der Waals surface area contributed by atoms with E-state index in [0.29, 0.717) is 11.8 Å². The molecule has 104 valence electrons. The standard InChI is InChI=1S/C14H22N4O/c1-17-14(15-10-16-17)9-18-8-4-6-12(18)11-5-2-3-7-13(11)19/h10-12H,2-9H2,1H3. The van der Waals surface area contributed by atoms with E-state index in [1.807, 2.05) is 11.7 Å². The summed E-state index contributed by atoms with van der Waals surface area (Å²) >= 11 is 0. The molecule has 0 aromatic carbocycles. The van der Waals surface area contributed by atoms with Crippen molar-refractivity contribution in [3.05, 3.63) is 12.2 Å². The zero-order chi connectivity index (χ0) is 13.2. The largest absolute Gasteiger partial charge is 0.299 e. The number of carbonyl (C=O) groups excluding carboxylic acids is 1. The van der Waals surface area contributed by atoms with Crippen molar-refractivity contribution in [2.75, 3.05) is 6.54 Å². The zero-order valence-corrected chi connectivity index (χ0v) is 11.6. The Bertz CT molecular complexity index is 456. The molecule has 0 amide bonds. The molecule has 1 aromatic heterocycles. The molecule has 1 aromatic rings. The topological polar surface area (TPSA) is 51.0 Å². The molecular formula is C14H22N4O. The van der Waals surface area contributed by atoms with Gasteiger partial charge in [0.25, 0.3) is 0 Å². The third-order valence-electron chi connectivity index (χ3n) is 4.63. The number of ketones is 1. The fourth-order valence-corrected chi connectivity index (χ4v) is 3.57. The van der Waals surface area contributed by atoms with E-state index in [0.717, 1.165) is 44.6 Å². The molecule has 0 spiro atoms. The van der Waals surface area contributed by atoms with E-state index in [9.17, 15) is 4.79 Å². The number of aromatic nitrogens is 3. The van der Waals surface area contributed by atoms with Gasteiger partial charge in [-0.15, -0.1) is 0 Å². The average molecular weight is 262 g/mol. The lowest BCUT2D eigenvalue weighted by Crippen LogP contribution is -2.40. The minimum atomic E-state index is 0.268. The van der Waals surface area contributed by atoms with Crippen LogP contribution in [0.2, 0.25) is 0 Å². The van der Waals surface area contributed by atoms with Gasteiger partial charge in [0.05, 0.1) is 6.54 Å². The van der Waals surface area contributed by atoms with Crippen LogP contribution in [0.3, 0.4) is 0 Å². The van der Waals surface area contributed by atoms with Crippen molar-refractivity contribution in [1.29, 1.82) is 0 Å². The first kappa shape index (κ1) is 12.8. The number of aryl methyl sites for hydroxylation is 1. The van der Waals surface area contributed by atoms with Crippen LogP contribution >= 0.6 is 0 Å². The van der Waals surface area contributed by atoms with Crippen LogP contribution < -0.4 is 0 Å². The highest BCUT2D eigenvalue weighted by Crippen LogP contribution is 2.32. The minimum absolute atomic E-state index is 0.268. The molecule has 1 saturated carbocycles. The van der Waals surface area contributed by atoms with E-state index in [1.165, 1.54) is 12.8 Å². The summed E-state index contributed by atoms with van der Waals surface area (Å²) in [7, 11) is 1.93. The normalized spacial score (nSPS) is 29.0. The van der Waals surface area contributed by atoms with Crippen molar-refractivity contribution in [1.82, 2.24) is 19.7 Å². The van der Waals surface area contributed by atoms with Gasteiger partial charge in [-0.25, -0.2) is 4.98 Å². The molecule has 1 saturated heterocycles. The Morgan fingerprint density at radius 1 is 1.32 bits per heavy atom. The van der Waals surface area contributed by atoms with Crippen molar-refractivity contribution in [2.24, 2.45) is 13.0 Å². The molecule has 2 unspecified atom stereocenters. The highest BCUT2D eigenvalue weighted by Gasteiger charge is 2.36. The molecule has 1 aliphatic carbocycles. The van der Waals surface area contributed by atoms with Crippen molar-refractivity contribution >= 4 is 5.78 Å². The van der Waals surface area contributed by atoms with Gasteiger partial charge < -0.3 is 0 Å². The predicted molar refractivity (Wildman–Crippen MR) is 71.4 cm³/mol. The van der Waals surface area contributed by atoms with Gasteiger partial charge in [0.15, 0.2) is 0 Å². The molecule has 0 N–H and O–H groups in total. The molecule has 3 rings (SSSR count). The lowest BCUT2D eigenvalue weighted by molar-refractivity contribution is -0.126. The number of hydrogen-bond acceptors (Lipinski definition) is 4. The van der Waals surface area contributed by atoms with Crippen LogP contribution in [0.1, 0.15) is 44.3 Å². The summed E-state index contributed by atoms with van der Waals surface area (Å²) in [6, 6.07) is 0.435. The van der Waals surface area contributed by atoms with Gasteiger partial charge in [-0.1, -0.05) is 6.42 Å². The molecule has 2 fully saturated rings. The van der Waals surface area contributed by atoms with E-state index < -0.39 is 0 Å². The molecule has 1 aliphatic heterocycles. The minimum Gasteiger partial charge on any atom is -0.299 e. The maximum atomic E-state index is 12.1. The molecule has 0 bridgehead atoms. The molecular weight excluding hydrogens is 240 g/mol. The summed E-state index contributed by atoms with van der Waals surface area (Å²) in [5, 5.41) is 4.12. The molecule has 5 heteroatoms. The van der Waals surface area contributed by atoms with Gasteiger partial charge in [-0.05, 0) is 32.2 Å². The number of hydrogen-bond donors (Lipinski definition) is 0. The Kier molecular flexibility index (Phi) is 3.64. The Morgan fingerprint density at radius 2 is 2.21 bits per heavy atom. The maximum absolute atomic E-state index is 12.1. The van der Waals surface area contributed by atoms with Crippen molar-refractivity contribution < 1.29 is 4.79 Å². The quantitative estimate of drug-likeness (QED) is 0.829. The van der Waals surface area contributed by atoms with Gasteiger partial charge in [0.2, 0.25) is 0 Å². The lowest BCUT2D eigenvalue weighted by atomic mass is 9.82. The second-order valence-corrected chi connectivity index (χ2v) is 5.80. The van der Waals surface area contributed by atoms with E-state index in [1.54, 1.807) is 6.33 Å². The highest BCUT2D eigenvalue weighted by molar-refractivity contribution is 5.82. The Morgan fingerprint density at radius 3 is 2.95 bits per heavy atom. The van der Waals surface area contributed by atoms with Crippen molar-refractivity contribution in [2.45, 2.75) is 51.1 Å². The zero-order valence-electron chi connectivity index (χ0n) is 11.6. The fourth-order valence-electron chi connectivity index (χ4n) is 3.57. The second kappa shape index (κ2) is 5.41. The van der Waals surface area contributed by atoms with Crippen LogP contribution in [0.15, 0.2) is 6.33 Å². The number of nitrogens with zero attached hydrogens (tertiary/aromatic N) is 4. The highest BCUT2D eigenvalue weighted by atomic mass is 16.1. The summed E-state index contributed by atoms with van der Waals surface area (Å²) in [4.78, 5) is 18.9. The molecule has 19 heavy (non-hydrogen) atoms. The van der Waals surface area contributed by atoms with Crippen LogP contribution in [0.4, 0.5) is 0 Å². The summed E-state index contributed by atoms with van der Waals surface area (Å²) in [6.07, 6.45) is 8.14. The van der Waals surface area contributed by atoms with Gasteiger partial charge in [-0.2, -0.15) is 5.10 Å². The predicted octanol–water partition coefficient (Wildman–Crippen LogP) is 1.54. The molecule has 2 aliphatic rings. The molecule has 5 nitrogen and oxygen atoms in total. The number of rotatable bonds is 3. The molecule has 2 atom stereocenters. The average Bonchev–Trinajstić information content (AvgIpc) is 3.01. The van der Waals surface area contributed by atoms with Crippen molar-refractivity contribution in [3.63, 3.8) is 0 Å². The van der Waals surface area contributed by atoms with E-state index in [4.69, 9.17) is 0 Å². The summed E-state index contributed by atoms with van der Waals surface area (Å²) < 4.78 is 1.83. The molecule has 0 radical (unpaired) electrons. The smallest absolute Gasteiger partial charge is 0.140 e. The van der Waals surface area contributed by atoms with E-state index >= 15 is 0 Å². The van der Waals surface area contributed by atoms with Crippen LogP contribution in [0.25, 0.3) is 0 Å². The Labute approximate surface area is 114 Å². The van der Waals surface area contributed by atoms with E-state index in [2.05, 4.69) is 15.0 Å². The SMILES string of the molecule is Cn1ncnc1CN1CCCC1C1CCCCC1=O. The van der Waals surface area contributed by atoms with Crippen LogP contribution in [-0.2, 0) is 18.4 Å². The van der Waals surface area contributed by atoms with Crippen LogP contribution in [0, 0.1) is 5.92 Å². The third kappa shape index (κ3) is 2.56. The van der Waals surface area contributed by atoms with Crippen LogP contribution in [0.5, 0.6) is 0 Å². The number of Topliss-reactive ketones (excluding diaryl/α,β-unsaturated/α-hetero) is 1. The number of carbonyl (C=O) groups is 1. The number of likely N-dealkylation sites (tertiary alicyclic amines) is 1. The van der Waals surface area contributed by atoms with Gasteiger partial charge in [0, 0.05) is 25.4 Å². The van der Waals surface area contributed by atoms with Gasteiger partial charge >= 0.3 is 0 Å². The maximum Gasteiger partial charge on any atom is 0.140 e. The summed E-state index contributed by atoms with van der Waals surface area (Å²) in [6.45, 7) is 1.91. The van der Waals surface area contributed by atoms with Crippen LogP contribution in [-0.4, -0.2) is 38.0 Å².